The number of rotatable bonds is 2. The van der Waals surface area contributed by atoms with Crippen molar-refractivity contribution in [3.8, 4) is 0 Å². The number of hydrazine groups is 1. The van der Waals surface area contributed by atoms with Crippen molar-refractivity contribution < 1.29 is 9.90 Å². The van der Waals surface area contributed by atoms with Gasteiger partial charge in [-0.05, 0) is 24.3 Å². The number of aromatic carboxylic acids is 1. The summed E-state index contributed by atoms with van der Waals surface area (Å²) in [5.74, 6) is 4.09. The van der Waals surface area contributed by atoms with Crippen molar-refractivity contribution in [2.45, 2.75) is 0 Å². The van der Waals surface area contributed by atoms with Gasteiger partial charge in [0.05, 0.1) is 22.2 Å². The third-order valence-electron chi connectivity index (χ3n) is 2.80. The molecule has 21 heavy (non-hydrogen) atoms. The summed E-state index contributed by atoms with van der Waals surface area (Å²) in [6.07, 6.45) is 0. The first-order valence-corrected chi connectivity index (χ1v) is 6.08. The number of anilines is 1. The van der Waals surface area contributed by atoms with Gasteiger partial charge in [-0.15, -0.1) is 0 Å². The molecular weight excluding hydrogens is 272 g/mol. The van der Waals surface area contributed by atoms with Gasteiger partial charge in [-0.2, -0.15) is 0 Å². The van der Waals surface area contributed by atoms with Crippen LogP contribution in [0.3, 0.4) is 0 Å². The molecule has 0 amide bonds. The Hall–Kier alpha value is -3.06. The summed E-state index contributed by atoms with van der Waals surface area (Å²) in [5.41, 5.74) is 3.68. The Morgan fingerprint density at radius 1 is 1.05 bits per heavy atom. The Kier molecular flexibility index (Phi) is 4.37. The second-order valence-electron chi connectivity index (χ2n) is 4.12. The number of hydrogen-bond donors (Lipinski definition) is 5. The van der Waals surface area contributed by atoms with Crippen LogP contribution in [0.15, 0.2) is 53.3 Å². The largest absolute Gasteiger partial charge is 0.478 e. The molecule has 1 aromatic heterocycles. The lowest BCUT2D eigenvalue weighted by atomic mass is 10.2. The highest BCUT2D eigenvalue weighted by molar-refractivity contribution is 5.93. The summed E-state index contributed by atoms with van der Waals surface area (Å²) < 4.78 is 0. The first-order chi connectivity index (χ1) is 10.1. The van der Waals surface area contributed by atoms with Crippen molar-refractivity contribution in [2.24, 2.45) is 5.84 Å². The zero-order chi connectivity index (χ0) is 15.2. The molecule has 0 radical (unpaired) electrons. The van der Waals surface area contributed by atoms with E-state index >= 15 is 0 Å². The van der Waals surface area contributed by atoms with Gasteiger partial charge in [-0.25, -0.2) is 4.79 Å². The molecule has 0 spiro atoms. The second-order valence-corrected chi connectivity index (χ2v) is 4.12. The molecule has 1 heterocycles. The molecular formula is C14H14N4O3. The molecule has 7 heteroatoms. The normalized spacial score (nSPS) is 9.76. The van der Waals surface area contributed by atoms with E-state index in [2.05, 4.69) is 15.6 Å². The van der Waals surface area contributed by atoms with E-state index in [0.717, 1.165) is 5.52 Å². The Morgan fingerprint density at radius 2 is 1.71 bits per heavy atom. The summed E-state index contributed by atoms with van der Waals surface area (Å²) in [4.78, 5) is 21.4. The third kappa shape index (κ3) is 3.28. The summed E-state index contributed by atoms with van der Waals surface area (Å²) in [6, 6.07) is 13.8. The van der Waals surface area contributed by atoms with Gasteiger partial charge >= 0.3 is 5.97 Å². The first kappa shape index (κ1) is 14.4. The van der Waals surface area contributed by atoms with Crippen LogP contribution in [0, 0.1) is 0 Å². The van der Waals surface area contributed by atoms with Crippen LogP contribution in [0.1, 0.15) is 10.4 Å². The zero-order valence-corrected chi connectivity index (χ0v) is 11.0. The van der Waals surface area contributed by atoms with Gasteiger partial charge in [-0.3, -0.25) is 20.8 Å². The van der Waals surface area contributed by atoms with E-state index in [0.29, 0.717) is 11.1 Å². The number of H-pyrrole nitrogens is 2. The van der Waals surface area contributed by atoms with Gasteiger partial charge < -0.3 is 10.5 Å². The summed E-state index contributed by atoms with van der Waals surface area (Å²) in [7, 11) is 0. The molecule has 6 N–H and O–H groups in total. The molecule has 0 saturated carbocycles. The summed E-state index contributed by atoms with van der Waals surface area (Å²) in [6.45, 7) is 0. The standard InChI is InChI=1S/C7H8N2O2.C7H6N2O/c8-9-6-4-2-1-3-5(6)7(10)11;10-7-5-3-1-2-4-6(5)8-9-7/h1-4,9H,8H2,(H,10,11);1-4H,(H2,8,9,10). The number of para-hydroxylation sites is 2. The molecule has 7 nitrogen and oxygen atoms in total. The highest BCUT2D eigenvalue weighted by Gasteiger charge is 2.06. The van der Waals surface area contributed by atoms with Crippen LogP contribution in [-0.4, -0.2) is 21.3 Å². The van der Waals surface area contributed by atoms with E-state index < -0.39 is 5.97 Å². The van der Waals surface area contributed by atoms with Crippen LogP contribution in [0.2, 0.25) is 0 Å². The lowest BCUT2D eigenvalue weighted by Crippen LogP contribution is -2.11. The molecule has 0 aliphatic heterocycles. The number of nitrogens with two attached hydrogens (primary N) is 1. The molecule has 3 aromatic rings. The highest BCUT2D eigenvalue weighted by Crippen LogP contribution is 2.12. The minimum Gasteiger partial charge on any atom is -0.478 e. The predicted molar refractivity (Wildman–Crippen MR) is 80.1 cm³/mol. The predicted octanol–water partition coefficient (Wildman–Crippen LogP) is 1.53. The number of aromatic amines is 2. The third-order valence-corrected chi connectivity index (χ3v) is 2.80. The zero-order valence-electron chi connectivity index (χ0n) is 11.0. The number of fused-ring (bicyclic) bond motifs is 1. The van der Waals surface area contributed by atoms with E-state index in [4.69, 9.17) is 10.9 Å². The molecule has 3 rings (SSSR count). The number of nitrogens with one attached hydrogen (secondary N) is 3. The van der Waals surface area contributed by atoms with Gasteiger partial charge in [0.15, 0.2) is 0 Å². The average Bonchev–Trinajstić information content (AvgIpc) is 2.90. The number of benzene rings is 2. The monoisotopic (exact) mass is 286 g/mol. The van der Waals surface area contributed by atoms with Crippen molar-refractivity contribution in [3.63, 3.8) is 0 Å². The Labute approximate surface area is 119 Å². The van der Waals surface area contributed by atoms with Gasteiger partial charge in [0, 0.05) is 0 Å². The highest BCUT2D eigenvalue weighted by atomic mass is 16.4. The van der Waals surface area contributed by atoms with Crippen LogP contribution in [0.4, 0.5) is 5.69 Å². The van der Waals surface area contributed by atoms with Crippen LogP contribution >= 0.6 is 0 Å². The molecule has 2 aromatic carbocycles. The van der Waals surface area contributed by atoms with Gasteiger partial charge in [0.25, 0.3) is 5.56 Å². The summed E-state index contributed by atoms with van der Waals surface area (Å²) >= 11 is 0. The molecule has 0 fully saturated rings. The quantitative estimate of drug-likeness (QED) is 0.361. The van der Waals surface area contributed by atoms with E-state index in [1.54, 1.807) is 24.3 Å². The van der Waals surface area contributed by atoms with E-state index in [1.807, 2.05) is 18.2 Å². The average molecular weight is 286 g/mol. The fraction of sp³-hybridized carbons (Fsp3) is 0. The minimum absolute atomic E-state index is 0.0596. The SMILES string of the molecule is NNc1ccccc1C(=O)O.O=c1[nH][nH]c2ccccc12. The van der Waals surface area contributed by atoms with Crippen molar-refractivity contribution in [2.75, 3.05) is 5.43 Å². The van der Waals surface area contributed by atoms with Crippen molar-refractivity contribution >= 4 is 22.6 Å². The fourth-order valence-corrected chi connectivity index (χ4v) is 1.78. The Morgan fingerprint density at radius 3 is 2.33 bits per heavy atom. The van der Waals surface area contributed by atoms with Crippen molar-refractivity contribution in [1.82, 2.24) is 10.2 Å². The molecule has 0 unspecified atom stereocenters. The number of aromatic nitrogens is 2. The van der Waals surface area contributed by atoms with Crippen LogP contribution in [0.25, 0.3) is 10.9 Å². The molecule has 0 atom stereocenters. The second kappa shape index (κ2) is 6.40. The van der Waals surface area contributed by atoms with Crippen LogP contribution in [0.5, 0.6) is 0 Å². The smallest absolute Gasteiger partial charge is 0.337 e. The van der Waals surface area contributed by atoms with Crippen molar-refractivity contribution in [3.05, 3.63) is 64.4 Å². The minimum atomic E-state index is -0.987. The summed E-state index contributed by atoms with van der Waals surface area (Å²) in [5, 5.41) is 14.6. The number of carboxylic acid groups (broad SMARTS) is 1. The fourth-order valence-electron chi connectivity index (χ4n) is 1.78. The van der Waals surface area contributed by atoms with Gasteiger partial charge in [0.1, 0.15) is 0 Å². The number of hydrogen-bond acceptors (Lipinski definition) is 4. The number of carboxylic acids is 1. The Bertz CT molecular complexity index is 807. The van der Waals surface area contributed by atoms with Crippen LogP contribution < -0.4 is 16.8 Å². The first-order valence-electron chi connectivity index (χ1n) is 6.08. The van der Waals surface area contributed by atoms with Gasteiger partial charge in [-0.1, -0.05) is 24.3 Å². The molecule has 0 bridgehead atoms. The molecule has 0 saturated heterocycles. The van der Waals surface area contributed by atoms with E-state index in [1.165, 1.54) is 6.07 Å². The maximum Gasteiger partial charge on any atom is 0.337 e. The van der Waals surface area contributed by atoms with E-state index in [9.17, 15) is 9.59 Å². The van der Waals surface area contributed by atoms with E-state index in [-0.39, 0.29) is 11.1 Å². The van der Waals surface area contributed by atoms with Gasteiger partial charge in [0.2, 0.25) is 0 Å². The number of carbonyl (C=O) groups is 1. The topological polar surface area (TPSA) is 124 Å². The lowest BCUT2D eigenvalue weighted by molar-refractivity contribution is 0.0698. The van der Waals surface area contributed by atoms with Crippen molar-refractivity contribution in [1.29, 1.82) is 0 Å². The molecule has 108 valence electrons. The maximum atomic E-state index is 10.9. The van der Waals surface area contributed by atoms with Crippen LogP contribution in [-0.2, 0) is 0 Å². The Balaban J connectivity index is 0.000000154. The maximum absolute atomic E-state index is 10.9. The lowest BCUT2D eigenvalue weighted by Gasteiger charge is -2.02. The number of nitrogen functional groups attached to an aromatic ring is 1. The molecule has 0 aliphatic rings. The molecule has 0 aliphatic carbocycles.